The minimum absolute atomic E-state index is 0.216. The van der Waals surface area contributed by atoms with Crippen molar-refractivity contribution in [1.29, 1.82) is 0 Å². The molecule has 0 amide bonds. The van der Waals surface area contributed by atoms with E-state index in [0.29, 0.717) is 19.8 Å². The molecule has 2 aliphatic heterocycles. The van der Waals surface area contributed by atoms with Crippen molar-refractivity contribution < 1.29 is 14.6 Å². The van der Waals surface area contributed by atoms with Gasteiger partial charge < -0.3 is 9.84 Å². The molecule has 3 heterocycles. The first-order chi connectivity index (χ1) is 10.7. The van der Waals surface area contributed by atoms with E-state index in [2.05, 4.69) is 4.90 Å². The number of fused-ring (bicyclic) bond motifs is 2. The Kier molecular flexibility index (Phi) is 3.71. The van der Waals surface area contributed by atoms with Gasteiger partial charge in [0.15, 0.2) is 0 Å². The van der Waals surface area contributed by atoms with Crippen LogP contribution in [0.5, 0.6) is 0 Å². The second-order valence-corrected chi connectivity index (χ2v) is 8.02. The Balaban J connectivity index is 1.50. The zero-order valence-corrected chi connectivity index (χ0v) is 13.5. The third kappa shape index (κ3) is 2.37. The quantitative estimate of drug-likeness (QED) is 0.921. The smallest absolute Gasteiger partial charge is 0.313 e. The van der Waals surface area contributed by atoms with Gasteiger partial charge in [-0.3, -0.25) is 9.69 Å². The van der Waals surface area contributed by atoms with Crippen LogP contribution in [0.4, 0.5) is 0 Å². The lowest BCUT2D eigenvalue weighted by molar-refractivity contribution is -0.159. The topological polar surface area (TPSA) is 62.7 Å². The number of aliphatic carboxylic acids is 1. The third-order valence-corrected chi connectivity index (χ3v) is 6.55. The highest BCUT2D eigenvalue weighted by Gasteiger charge is 2.54. The average molecular weight is 322 g/mol. The molecule has 0 saturated carbocycles. The summed E-state index contributed by atoms with van der Waals surface area (Å²) < 4.78 is 5.49. The number of carbonyl (C=O) groups is 1. The first kappa shape index (κ1) is 14.6. The van der Waals surface area contributed by atoms with Crippen molar-refractivity contribution >= 4 is 17.3 Å². The molecule has 1 aromatic rings. The molecule has 0 bridgehead atoms. The summed E-state index contributed by atoms with van der Waals surface area (Å²) in [6, 6.07) is 0. The summed E-state index contributed by atoms with van der Waals surface area (Å²) in [6.45, 7) is 3.30. The van der Waals surface area contributed by atoms with Gasteiger partial charge in [-0.2, -0.15) is 0 Å². The largest absolute Gasteiger partial charge is 0.481 e. The molecule has 22 heavy (non-hydrogen) atoms. The third-order valence-electron chi connectivity index (χ3n) is 5.41. The molecule has 6 heteroatoms. The van der Waals surface area contributed by atoms with Crippen LogP contribution in [-0.2, 0) is 28.9 Å². The molecule has 0 aromatic carbocycles. The molecule has 0 radical (unpaired) electrons. The number of likely N-dealkylation sites (tertiary alicyclic amines) is 1. The van der Waals surface area contributed by atoms with E-state index in [4.69, 9.17) is 9.72 Å². The Morgan fingerprint density at radius 1 is 1.45 bits per heavy atom. The van der Waals surface area contributed by atoms with Crippen LogP contribution < -0.4 is 0 Å². The molecule has 2 fully saturated rings. The monoisotopic (exact) mass is 322 g/mol. The minimum atomic E-state index is -0.699. The molecule has 0 spiro atoms. The molecule has 4 rings (SSSR count). The fourth-order valence-corrected chi connectivity index (χ4v) is 5.38. The van der Waals surface area contributed by atoms with Crippen LogP contribution in [-0.4, -0.2) is 47.3 Å². The van der Waals surface area contributed by atoms with E-state index in [9.17, 15) is 9.90 Å². The number of ether oxygens (including phenoxy) is 1. The van der Waals surface area contributed by atoms with Gasteiger partial charge in [-0.15, -0.1) is 11.3 Å². The van der Waals surface area contributed by atoms with Crippen LogP contribution in [0.15, 0.2) is 0 Å². The molecule has 2 saturated heterocycles. The van der Waals surface area contributed by atoms with Gasteiger partial charge >= 0.3 is 5.97 Å². The maximum atomic E-state index is 11.8. The van der Waals surface area contributed by atoms with E-state index in [1.165, 1.54) is 29.8 Å². The van der Waals surface area contributed by atoms with E-state index in [1.54, 1.807) is 0 Å². The summed E-state index contributed by atoms with van der Waals surface area (Å²) in [5.74, 6) is -0.480. The number of thiazole rings is 1. The maximum absolute atomic E-state index is 11.8. The number of carboxylic acid groups (broad SMARTS) is 1. The number of carboxylic acids is 1. The van der Waals surface area contributed by atoms with E-state index in [0.717, 1.165) is 30.9 Å². The maximum Gasteiger partial charge on any atom is 0.313 e. The van der Waals surface area contributed by atoms with Gasteiger partial charge in [-0.25, -0.2) is 4.98 Å². The normalized spacial score (nSPS) is 31.7. The molecule has 120 valence electrons. The predicted molar refractivity (Wildman–Crippen MR) is 83.0 cm³/mol. The van der Waals surface area contributed by atoms with Gasteiger partial charge in [-0.1, -0.05) is 0 Å². The summed E-state index contributed by atoms with van der Waals surface area (Å²) >= 11 is 1.83. The van der Waals surface area contributed by atoms with Crippen LogP contribution >= 0.6 is 11.3 Å². The molecular formula is C16H22N2O3S. The van der Waals surface area contributed by atoms with Crippen molar-refractivity contribution in [2.45, 2.75) is 38.6 Å². The molecule has 1 aliphatic carbocycles. The number of nitrogens with zero attached hydrogens (tertiary/aromatic N) is 2. The number of hydrogen-bond donors (Lipinski definition) is 1. The highest BCUT2D eigenvalue weighted by Crippen LogP contribution is 2.42. The molecule has 2 atom stereocenters. The fraction of sp³-hybridized carbons (Fsp3) is 0.750. The second kappa shape index (κ2) is 5.58. The lowest BCUT2D eigenvalue weighted by atomic mass is 9.76. The molecule has 1 N–H and O–H groups in total. The van der Waals surface area contributed by atoms with Crippen molar-refractivity contribution in [2.24, 2.45) is 11.3 Å². The Morgan fingerprint density at radius 2 is 2.32 bits per heavy atom. The standard InChI is InChI=1S/C16H22N2O3S/c19-15(20)16-9-18(7-11(16)5-6-21-10-16)8-14-17-12-3-1-2-4-13(12)22-14/h11H,1-10H2,(H,19,20)/t11-,16+/m0/s1. The summed E-state index contributed by atoms with van der Waals surface area (Å²) in [4.78, 5) is 20.3. The molecule has 3 aliphatic rings. The van der Waals surface area contributed by atoms with Crippen LogP contribution in [0.1, 0.15) is 34.8 Å². The van der Waals surface area contributed by atoms with Gasteiger partial charge in [-0.05, 0) is 38.0 Å². The Labute approximate surface area is 134 Å². The Bertz CT molecular complexity index is 564. The average Bonchev–Trinajstić information content (AvgIpc) is 3.07. The first-order valence-electron chi connectivity index (χ1n) is 8.18. The Morgan fingerprint density at radius 3 is 3.09 bits per heavy atom. The van der Waals surface area contributed by atoms with E-state index < -0.39 is 11.4 Å². The lowest BCUT2D eigenvalue weighted by Crippen LogP contribution is -2.46. The summed E-state index contributed by atoms with van der Waals surface area (Å²) in [5.41, 5.74) is 0.592. The minimum Gasteiger partial charge on any atom is -0.481 e. The lowest BCUT2D eigenvalue weighted by Gasteiger charge is -2.34. The number of hydrogen-bond acceptors (Lipinski definition) is 5. The van der Waals surface area contributed by atoms with Gasteiger partial charge in [0.1, 0.15) is 10.4 Å². The van der Waals surface area contributed by atoms with Gasteiger partial charge in [0.25, 0.3) is 0 Å². The number of aromatic nitrogens is 1. The SMILES string of the molecule is O=C(O)[C@]12COCC[C@H]1CN(Cc1nc3c(s1)CCCC3)C2. The first-order valence-corrected chi connectivity index (χ1v) is 9.00. The fourth-order valence-electron chi connectivity index (χ4n) is 4.18. The molecule has 5 nitrogen and oxygen atoms in total. The van der Waals surface area contributed by atoms with Crippen molar-refractivity contribution in [3.63, 3.8) is 0 Å². The number of aryl methyl sites for hydroxylation is 2. The van der Waals surface area contributed by atoms with E-state index >= 15 is 0 Å². The van der Waals surface area contributed by atoms with E-state index in [1.807, 2.05) is 11.3 Å². The van der Waals surface area contributed by atoms with Crippen molar-refractivity contribution in [3.05, 3.63) is 15.6 Å². The highest BCUT2D eigenvalue weighted by atomic mass is 32.1. The van der Waals surface area contributed by atoms with Gasteiger partial charge in [0.05, 0.1) is 18.8 Å². The Hall–Kier alpha value is -0.980. The van der Waals surface area contributed by atoms with Crippen molar-refractivity contribution in [3.8, 4) is 0 Å². The zero-order chi connectivity index (χ0) is 15.2. The van der Waals surface area contributed by atoms with Crippen LogP contribution in [0.3, 0.4) is 0 Å². The summed E-state index contributed by atoms with van der Waals surface area (Å²) in [7, 11) is 0. The van der Waals surface area contributed by atoms with Crippen LogP contribution in [0, 0.1) is 11.3 Å². The summed E-state index contributed by atoms with van der Waals surface area (Å²) in [5, 5.41) is 10.9. The predicted octanol–water partition coefficient (Wildman–Crippen LogP) is 1.95. The summed E-state index contributed by atoms with van der Waals surface area (Å²) in [6.07, 6.45) is 5.67. The molecular weight excluding hydrogens is 300 g/mol. The highest BCUT2D eigenvalue weighted by molar-refractivity contribution is 7.11. The molecule has 0 unspecified atom stereocenters. The molecule has 1 aromatic heterocycles. The van der Waals surface area contributed by atoms with Gasteiger partial charge in [0, 0.05) is 24.6 Å². The second-order valence-electron chi connectivity index (χ2n) is 6.85. The van der Waals surface area contributed by atoms with Crippen molar-refractivity contribution in [1.82, 2.24) is 9.88 Å². The van der Waals surface area contributed by atoms with Crippen molar-refractivity contribution in [2.75, 3.05) is 26.3 Å². The van der Waals surface area contributed by atoms with Gasteiger partial charge in [0.2, 0.25) is 0 Å². The number of rotatable bonds is 3. The van der Waals surface area contributed by atoms with Crippen LogP contribution in [0.2, 0.25) is 0 Å². The zero-order valence-electron chi connectivity index (χ0n) is 12.7. The van der Waals surface area contributed by atoms with Crippen LogP contribution in [0.25, 0.3) is 0 Å². The van der Waals surface area contributed by atoms with E-state index in [-0.39, 0.29) is 5.92 Å².